The Kier molecular flexibility index (Phi) is 4.24. The van der Waals surface area contributed by atoms with E-state index in [0.29, 0.717) is 6.61 Å². The van der Waals surface area contributed by atoms with Crippen LogP contribution in [0.25, 0.3) is 0 Å². The van der Waals surface area contributed by atoms with Crippen molar-refractivity contribution in [3.05, 3.63) is 29.8 Å². The van der Waals surface area contributed by atoms with Crippen molar-refractivity contribution in [1.82, 2.24) is 0 Å². The summed E-state index contributed by atoms with van der Waals surface area (Å²) in [6.45, 7) is 2.55. The Bertz CT molecular complexity index is 382. The van der Waals surface area contributed by atoms with Crippen LogP contribution in [0, 0.1) is 11.8 Å². The summed E-state index contributed by atoms with van der Waals surface area (Å²) >= 11 is 0. The van der Waals surface area contributed by atoms with Crippen LogP contribution >= 0.6 is 0 Å². The van der Waals surface area contributed by atoms with Gasteiger partial charge < -0.3 is 9.84 Å². The highest BCUT2D eigenvalue weighted by Gasteiger charge is 1.92. The molecule has 1 aromatic rings. The lowest BCUT2D eigenvalue weighted by atomic mass is 10.2. The van der Waals surface area contributed by atoms with E-state index in [4.69, 9.17) is 9.84 Å². The van der Waals surface area contributed by atoms with Crippen molar-refractivity contribution >= 4 is 5.97 Å². The molecule has 0 radical (unpaired) electrons. The van der Waals surface area contributed by atoms with Crippen LogP contribution in [0.2, 0.25) is 0 Å². The molecule has 78 valence electrons. The Hall–Kier alpha value is -1.95. The second kappa shape index (κ2) is 5.71. The lowest BCUT2D eigenvalue weighted by Gasteiger charge is -2.01. The van der Waals surface area contributed by atoms with Crippen molar-refractivity contribution in [2.45, 2.75) is 13.3 Å². The van der Waals surface area contributed by atoms with Crippen LogP contribution < -0.4 is 4.74 Å². The molecule has 0 bridgehead atoms. The molecule has 0 fully saturated rings. The normalized spacial score (nSPS) is 8.87. The van der Waals surface area contributed by atoms with Crippen LogP contribution in [0.5, 0.6) is 5.75 Å². The summed E-state index contributed by atoms with van der Waals surface area (Å²) in [4.78, 5) is 10.2. The third-order valence-electron chi connectivity index (χ3n) is 1.64. The van der Waals surface area contributed by atoms with Crippen molar-refractivity contribution < 1.29 is 14.6 Å². The number of carbonyl (C=O) groups is 1. The Balaban J connectivity index is 2.62. The molecule has 0 aliphatic rings. The van der Waals surface area contributed by atoms with Gasteiger partial charge in [0.15, 0.2) is 0 Å². The molecule has 0 saturated carbocycles. The summed E-state index contributed by atoms with van der Waals surface area (Å²) in [5.41, 5.74) is 0.791. The maximum atomic E-state index is 10.2. The Morgan fingerprint density at radius 1 is 1.40 bits per heavy atom. The largest absolute Gasteiger partial charge is 0.494 e. The zero-order chi connectivity index (χ0) is 11.1. The third kappa shape index (κ3) is 4.19. The standard InChI is InChI=1S/C12H12O3/c1-2-15-11-8-6-10(7-9-11)4-3-5-12(13)14/h6-9H,2,5H2,1H3,(H,13,14). The van der Waals surface area contributed by atoms with Gasteiger partial charge in [0.1, 0.15) is 12.2 Å². The highest BCUT2D eigenvalue weighted by molar-refractivity contribution is 5.70. The van der Waals surface area contributed by atoms with Crippen LogP contribution in [0.1, 0.15) is 18.9 Å². The number of hydrogen-bond acceptors (Lipinski definition) is 2. The van der Waals surface area contributed by atoms with Crippen LogP contribution in [0.4, 0.5) is 0 Å². The van der Waals surface area contributed by atoms with E-state index in [0.717, 1.165) is 11.3 Å². The number of rotatable bonds is 3. The van der Waals surface area contributed by atoms with Gasteiger partial charge in [-0.15, -0.1) is 0 Å². The van der Waals surface area contributed by atoms with E-state index < -0.39 is 5.97 Å². The van der Waals surface area contributed by atoms with E-state index in [1.54, 1.807) is 12.1 Å². The average Bonchev–Trinajstić information content (AvgIpc) is 2.20. The minimum atomic E-state index is -0.909. The van der Waals surface area contributed by atoms with E-state index >= 15 is 0 Å². The third-order valence-corrected chi connectivity index (χ3v) is 1.64. The van der Waals surface area contributed by atoms with Gasteiger partial charge in [0.2, 0.25) is 0 Å². The number of hydrogen-bond donors (Lipinski definition) is 1. The van der Waals surface area contributed by atoms with Gasteiger partial charge in [-0.2, -0.15) is 0 Å². The summed E-state index contributed by atoms with van der Waals surface area (Å²) in [5, 5.41) is 8.38. The van der Waals surface area contributed by atoms with Crippen molar-refractivity contribution in [1.29, 1.82) is 0 Å². The first-order valence-corrected chi connectivity index (χ1v) is 4.66. The Labute approximate surface area is 88.7 Å². The first-order chi connectivity index (χ1) is 7.22. The fraction of sp³-hybridized carbons (Fsp3) is 0.250. The van der Waals surface area contributed by atoms with Crippen molar-refractivity contribution in [2.75, 3.05) is 6.61 Å². The van der Waals surface area contributed by atoms with E-state index in [1.165, 1.54) is 0 Å². The summed E-state index contributed by atoms with van der Waals surface area (Å²) in [6, 6.07) is 7.24. The topological polar surface area (TPSA) is 46.5 Å². The first-order valence-electron chi connectivity index (χ1n) is 4.66. The summed E-state index contributed by atoms with van der Waals surface area (Å²) in [7, 11) is 0. The Morgan fingerprint density at radius 2 is 2.07 bits per heavy atom. The van der Waals surface area contributed by atoms with Gasteiger partial charge in [0, 0.05) is 5.56 Å². The van der Waals surface area contributed by atoms with Crippen LogP contribution in [0.3, 0.4) is 0 Å². The number of ether oxygens (including phenoxy) is 1. The van der Waals surface area contributed by atoms with Crippen LogP contribution in [0.15, 0.2) is 24.3 Å². The smallest absolute Gasteiger partial charge is 0.315 e. The Morgan fingerprint density at radius 3 is 2.60 bits per heavy atom. The summed E-state index contributed by atoms with van der Waals surface area (Å²) in [5.74, 6) is 5.21. The van der Waals surface area contributed by atoms with Gasteiger partial charge in [-0.1, -0.05) is 11.8 Å². The molecule has 0 aliphatic heterocycles. The maximum absolute atomic E-state index is 10.2. The molecule has 0 unspecified atom stereocenters. The second-order valence-corrected chi connectivity index (χ2v) is 2.83. The first kappa shape index (κ1) is 11.1. The molecular weight excluding hydrogens is 192 g/mol. The molecule has 0 saturated heterocycles. The van der Waals surface area contributed by atoms with Crippen LogP contribution in [-0.4, -0.2) is 17.7 Å². The average molecular weight is 204 g/mol. The number of aliphatic carboxylic acids is 1. The molecule has 3 heteroatoms. The fourth-order valence-corrected chi connectivity index (χ4v) is 1.02. The van der Waals surface area contributed by atoms with Gasteiger partial charge in [0.25, 0.3) is 0 Å². The van der Waals surface area contributed by atoms with Crippen molar-refractivity contribution in [3.63, 3.8) is 0 Å². The van der Waals surface area contributed by atoms with E-state index in [-0.39, 0.29) is 6.42 Å². The molecule has 3 nitrogen and oxygen atoms in total. The van der Waals surface area contributed by atoms with Gasteiger partial charge in [-0.3, -0.25) is 4.79 Å². The molecular formula is C12H12O3. The summed E-state index contributed by atoms with van der Waals surface area (Å²) in [6.07, 6.45) is -0.132. The molecule has 1 aromatic carbocycles. The fourth-order valence-electron chi connectivity index (χ4n) is 1.02. The van der Waals surface area contributed by atoms with E-state index in [2.05, 4.69) is 11.8 Å². The molecule has 0 aromatic heterocycles. The molecule has 0 aliphatic carbocycles. The molecule has 0 atom stereocenters. The maximum Gasteiger partial charge on any atom is 0.315 e. The van der Waals surface area contributed by atoms with Gasteiger partial charge in [-0.05, 0) is 31.2 Å². The van der Waals surface area contributed by atoms with Crippen molar-refractivity contribution in [2.24, 2.45) is 0 Å². The zero-order valence-corrected chi connectivity index (χ0v) is 8.49. The minimum Gasteiger partial charge on any atom is -0.494 e. The predicted molar refractivity (Wildman–Crippen MR) is 56.7 cm³/mol. The molecule has 1 N–H and O–H groups in total. The minimum absolute atomic E-state index is 0.132. The monoisotopic (exact) mass is 204 g/mol. The second-order valence-electron chi connectivity index (χ2n) is 2.83. The lowest BCUT2D eigenvalue weighted by molar-refractivity contribution is -0.135. The van der Waals surface area contributed by atoms with Gasteiger partial charge >= 0.3 is 5.97 Å². The van der Waals surface area contributed by atoms with E-state index in [1.807, 2.05) is 19.1 Å². The number of benzene rings is 1. The van der Waals surface area contributed by atoms with E-state index in [9.17, 15) is 4.79 Å². The molecule has 15 heavy (non-hydrogen) atoms. The highest BCUT2D eigenvalue weighted by atomic mass is 16.5. The molecule has 0 spiro atoms. The predicted octanol–water partition coefficient (Wildman–Crippen LogP) is 1.91. The molecule has 0 amide bonds. The van der Waals surface area contributed by atoms with Crippen molar-refractivity contribution in [3.8, 4) is 17.6 Å². The van der Waals surface area contributed by atoms with Gasteiger partial charge in [-0.25, -0.2) is 0 Å². The zero-order valence-electron chi connectivity index (χ0n) is 8.49. The quantitative estimate of drug-likeness (QED) is 0.765. The highest BCUT2D eigenvalue weighted by Crippen LogP contribution is 2.11. The van der Waals surface area contributed by atoms with Crippen LogP contribution in [-0.2, 0) is 4.79 Å². The SMILES string of the molecule is CCOc1ccc(C#CCC(=O)O)cc1. The molecule has 0 heterocycles. The summed E-state index contributed by atoms with van der Waals surface area (Å²) < 4.78 is 5.26. The van der Waals surface area contributed by atoms with Gasteiger partial charge in [0.05, 0.1) is 6.61 Å². The lowest BCUT2D eigenvalue weighted by Crippen LogP contribution is -1.91. The number of carboxylic acids is 1. The number of carboxylic acid groups (broad SMARTS) is 1. The molecule has 1 rings (SSSR count).